The van der Waals surface area contributed by atoms with Crippen molar-refractivity contribution >= 4 is 12.6 Å². The minimum Gasteiger partial charge on any atom is -0.488 e. The monoisotopic (exact) mass is 138 g/mol. The van der Waals surface area contributed by atoms with Crippen LogP contribution in [0.25, 0.3) is 0 Å². The molecule has 0 saturated carbocycles. The van der Waals surface area contributed by atoms with Crippen molar-refractivity contribution in [3.05, 3.63) is 23.8 Å². The molecule has 1 heterocycles. The molecule has 2 rings (SSSR count). The summed E-state index contributed by atoms with van der Waals surface area (Å²) in [5, 5.41) is 0. The Labute approximate surface area is 59.1 Å². The Morgan fingerprint density at radius 2 is 2.33 bits per heavy atom. The first kappa shape index (κ1) is 5.18. The summed E-state index contributed by atoms with van der Waals surface area (Å²) in [5.74, 6) is 1.01. The third-order valence-corrected chi connectivity index (χ3v) is 1.71. The Balaban J connectivity index is 2.57. The lowest BCUT2D eigenvalue weighted by molar-refractivity contribution is 0.242. The Hall–Kier alpha value is -0.630. The second kappa shape index (κ2) is 1.67. The van der Waals surface area contributed by atoms with Crippen LogP contribution < -0.4 is 4.74 Å². The van der Waals surface area contributed by atoms with Crippen molar-refractivity contribution in [2.75, 3.05) is 0 Å². The summed E-state index contributed by atoms with van der Waals surface area (Å²) in [7, 11) is 0. The van der Waals surface area contributed by atoms with E-state index in [2.05, 4.69) is 12.6 Å². The topological polar surface area (TPSA) is 9.23 Å². The van der Waals surface area contributed by atoms with Gasteiger partial charge in [-0.05, 0) is 18.2 Å². The van der Waals surface area contributed by atoms with Crippen LogP contribution in [0.4, 0.5) is 0 Å². The van der Waals surface area contributed by atoms with E-state index in [9.17, 15) is 0 Å². The van der Waals surface area contributed by atoms with E-state index in [1.165, 1.54) is 5.56 Å². The smallest absolute Gasteiger partial charge is 0.126 e. The zero-order valence-electron chi connectivity index (χ0n) is 4.79. The van der Waals surface area contributed by atoms with Crippen molar-refractivity contribution in [3.8, 4) is 5.75 Å². The summed E-state index contributed by atoms with van der Waals surface area (Å²) in [6.07, 6.45) is 0. The maximum Gasteiger partial charge on any atom is 0.126 e. The molecule has 1 nitrogen and oxygen atoms in total. The van der Waals surface area contributed by atoms with Gasteiger partial charge in [-0.2, -0.15) is 0 Å². The molecule has 1 aliphatic rings. The van der Waals surface area contributed by atoms with E-state index in [4.69, 9.17) is 4.74 Å². The molecule has 0 saturated heterocycles. The number of thiol groups is 1. The molecule has 1 aliphatic heterocycles. The van der Waals surface area contributed by atoms with E-state index in [0.717, 1.165) is 17.3 Å². The van der Waals surface area contributed by atoms with Gasteiger partial charge in [-0.15, -0.1) is 12.6 Å². The first-order valence-corrected chi connectivity index (χ1v) is 3.26. The van der Waals surface area contributed by atoms with Gasteiger partial charge in [0.05, 0.1) is 0 Å². The molecule has 0 atom stereocenters. The Bertz CT molecular complexity index is 245. The lowest BCUT2D eigenvalue weighted by Crippen LogP contribution is -2.08. The fraction of sp³-hybridized carbons (Fsp3) is 0.143. The summed E-state index contributed by atoms with van der Waals surface area (Å²) in [6.45, 7) is 0.754. The van der Waals surface area contributed by atoms with E-state index in [1.807, 2.05) is 18.2 Å². The minimum absolute atomic E-state index is 0.754. The predicted octanol–water partition coefficient (Wildman–Crippen LogP) is 1.87. The third kappa shape index (κ3) is 0.704. The lowest BCUT2D eigenvalue weighted by atomic mass is 10.1. The van der Waals surface area contributed by atoms with Gasteiger partial charge in [0.1, 0.15) is 12.4 Å². The van der Waals surface area contributed by atoms with Gasteiger partial charge in [-0.3, -0.25) is 0 Å². The van der Waals surface area contributed by atoms with Gasteiger partial charge in [0.15, 0.2) is 0 Å². The molecule has 9 heavy (non-hydrogen) atoms. The highest BCUT2D eigenvalue weighted by Crippen LogP contribution is 2.30. The van der Waals surface area contributed by atoms with Crippen LogP contribution in [0.5, 0.6) is 5.75 Å². The highest BCUT2D eigenvalue weighted by atomic mass is 32.1. The van der Waals surface area contributed by atoms with Crippen LogP contribution in [-0.4, -0.2) is 0 Å². The summed E-state index contributed by atoms with van der Waals surface area (Å²) >= 11 is 4.18. The SMILES string of the molecule is Sc1ccc2c(c1)CO2. The molecule has 0 radical (unpaired) electrons. The van der Waals surface area contributed by atoms with E-state index >= 15 is 0 Å². The van der Waals surface area contributed by atoms with Gasteiger partial charge < -0.3 is 4.74 Å². The standard InChI is InChI=1S/C7H6OS/c9-6-1-2-7-5(3-6)4-8-7/h1-3,9H,4H2. The third-order valence-electron chi connectivity index (χ3n) is 1.43. The van der Waals surface area contributed by atoms with Gasteiger partial charge in [0.2, 0.25) is 0 Å². The van der Waals surface area contributed by atoms with Gasteiger partial charge in [0, 0.05) is 10.5 Å². The summed E-state index contributed by atoms with van der Waals surface area (Å²) in [4.78, 5) is 1.01. The maximum absolute atomic E-state index is 5.10. The van der Waals surface area contributed by atoms with Crippen LogP contribution in [0.2, 0.25) is 0 Å². The number of hydrogen-bond donors (Lipinski definition) is 1. The average Bonchev–Trinajstić information content (AvgIpc) is 1.78. The quantitative estimate of drug-likeness (QED) is 0.538. The summed E-state index contributed by atoms with van der Waals surface area (Å²) in [6, 6.07) is 5.91. The first-order valence-electron chi connectivity index (χ1n) is 2.81. The zero-order chi connectivity index (χ0) is 6.27. The van der Waals surface area contributed by atoms with E-state index in [-0.39, 0.29) is 0 Å². The van der Waals surface area contributed by atoms with Crippen LogP contribution >= 0.6 is 12.6 Å². The van der Waals surface area contributed by atoms with Crippen molar-refractivity contribution in [1.82, 2.24) is 0 Å². The van der Waals surface area contributed by atoms with Gasteiger partial charge >= 0.3 is 0 Å². The molecule has 0 N–H and O–H groups in total. The van der Waals surface area contributed by atoms with Crippen molar-refractivity contribution in [2.45, 2.75) is 11.5 Å². The molecule has 0 aromatic heterocycles. The number of hydrogen-bond acceptors (Lipinski definition) is 2. The Kier molecular flexibility index (Phi) is 0.963. The molecule has 0 bridgehead atoms. The molecule has 2 heteroatoms. The minimum atomic E-state index is 0.754. The van der Waals surface area contributed by atoms with Crippen molar-refractivity contribution in [3.63, 3.8) is 0 Å². The van der Waals surface area contributed by atoms with Gasteiger partial charge in [-0.1, -0.05) is 0 Å². The first-order chi connectivity index (χ1) is 4.36. The fourth-order valence-corrected chi connectivity index (χ4v) is 1.12. The molecule has 0 fully saturated rings. The van der Waals surface area contributed by atoms with Crippen LogP contribution in [0.1, 0.15) is 5.56 Å². The molecule has 46 valence electrons. The van der Waals surface area contributed by atoms with Crippen molar-refractivity contribution < 1.29 is 4.74 Å². The van der Waals surface area contributed by atoms with E-state index < -0.39 is 0 Å². The van der Waals surface area contributed by atoms with E-state index in [0.29, 0.717) is 0 Å². The van der Waals surface area contributed by atoms with Crippen LogP contribution in [0.15, 0.2) is 23.1 Å². The molecular formula is C7H6OS. The average molecular weight is 138 g/mol. The number of benzene rings is 1. The molecule has 1 aromatic carbocycles. The second-order valence-electron chi connectivity index (χ2n) is 2.08. The summed E-state index contributed by atoms with van der Waals surface area (Å²) < 4.78 is 5.10. The number of ether oxygens (including phenoxy) is 1. The number of rotatable bonds is 0. The molecule has 1 aromatic rings. The summed E-state index contributed by atoms with van der Waals surface area (Å²) in [5.41, 5.74) is 1.27. The maximum atomic E-state index is 5.10. The predicted molar refractivity (Wildman–Crippen MR) is 38.0 cm³/mol. The highest BCUT2D eigenvalue weighted by molar-refractivity contribution is 7.80. The highest BCUT2D eigenvalue weighted by Gasteiger charge is 2.12. The number of fused-ring (bicyclic) bond motifs is 1. The molecule has 0 aliphatic carbocycles. The molecule has 0 spiro atoms. The molecule has 0 unspecified atom stereocenters. The second-order valence-corrected chi connectivity index (χ2v) is 2.60. The van der Waals surface area contributed by atoms with Crippen LogP contribution in [0.3, 0.4) is 0 Å². The lowest BCUT2D eigenvalue weighted by Gasteiger charge is -2.19. The Morgan fingerprint density at radius 3 is 2.78 bits per heavy atom. The van der Waals surface area contributed by atoms with E-state index in [1.54, 1.807) is 0 Å². The Morgan fingerprint density at radius 1 is 1.44 bits per heavy atom. The van der Waals surface area contributed by atoms with Crippen LogP contribution in [0, 0.1) is 0 Å². The van der Waals surface area contributed by atoms with Crippen molar-refractivity contribution in [2.24, 2.45) is 0 Å². The zero-order valence-corrected chi connectivity index (χ0v) is 5.69. The molecule has 0 amide bonds. The fourth-order valence-electron chi connectivity index (χ4n) is 0.894. The normalized spacial score (nSPS) is 13.4. The van der Waals surface area contributed by atoms with Crippen molar-refractivity contribution in [1.29, 1.82) is 0 Å². The van der Waals surface area contributed by atoms with Gasteiger partial charge in [0.25, 0.3) is 0 Å². The van der Waals surface area contributed by atoms with Crippen LogP contribution in [-0.2, 0) is 6.61 Å². The largest absolute Gasteiger partial charge is 0.488 e. The molecular weight excluding hydrogens is 132 g/mol. The van der Waals surface area contributed by atoms with Gasteiger partial charge in [-0.25, -0.2) is 0 Å².